The SMILES string of the molecule is Cn1cncc1C(O)C1=Cc2cccnc2[C@@H](N2CCN(C(=O)Nc3ccc(N)cc3)CC2)c2ccc(Cl)cc21. The topological polar surface area (TPSA) is 113 Å². The Morgan fingerprint density at radius 3 is 2.62 bits per heavy atom. The molecule has 0 bridgehead atoms. The Bertz CT molecular complexity index is 1580. The van der Waals surface area contributed by atoms with Gasteiger partial charge in [0.1, 0.15) is 6.10 Å². The lowest BCUT2D eigenvalue weighted by molar-refractivity contribution is 0.125. The number of imidazole rings is 1. The van der Waals surface area contributed by atoms with E-state index in [4.69, 9.17) is 22.3 Å². The summed E-state index contributed by atoms with van der Waals surface area (Å²) < 4.78 is 1.82. The summed E-state index contributed by atoms with van der Waals surface area (Å²) in [5, 5.41) is 15.1. The maximum absolute atomic E-state index is 13.0. The number of carbonyl (C=O) groups is 1. The number of nitrogens with two attached hydrogens (primary N) is 1. The number of aliphatic hydroxyl groups excluding tert-OH is 1. The standard InChI is InChI=1S/C30H30ClN7O2/c1-36-18-33-17-26(36)29(39)25-15-19-3-2-10-34-27(19)28(23-9-4-20(31)16-24(23)25)37-11-13-38(14-12-37)30(40)35-22-7-5-21(32)6-8-22/h2-10,15-18,28-29,39H,11-14,32H2,1H3,(H,35,40)/t28-,29?/m0/s1. The zero-order valence-electron chi connectivity index (χ0n) is 22.0. The second kappa shape index (κ2) is 10.8. The summed E-state index contributed by atoms with van der Waals surface area (Å²) in [5.41, 5.74) is 12.3. The molecule has 2 aromatic heterocycles. The highest BCUT2D eigenvalue weighted by molar-refractivity contribution is 6.30. The number of hydrogen-bond acceptors (Lipinski definition) is 6. The number of aliphatic hydroxyl groups is 1. The van der Waals surface area contributed by atoms with E-state index in [1.165, 1.54) is 0 Å². The Hall–Kier alpha value is -4.18. The summed E-state index contributed by atoms with van der Waals surface area (Å²) >= 11 is 6.52. The molecule has 4 N–H and O–H groups in total. The molecule has 9 nitrogen and oxygen atoms in total. The lowest BCUT2D eigenvalue weighted by Crippen LogP contribution is -2.51. The number of piperazine rings is 1. The van der Waals surface area contributed by atoms with Crippen LogP contribution in [-0.2, 0) is 7.05 Å². The van der Waals surface area contributed by atoms with Crippen LogP contribution < -0.4 is 11.1 Å². The highest BCUT2D eigenvalue weighted by Gasteiger charge is 2.35. The van der Waals surface area contributed by atoms with Crippen molar-refractivity contribution in [1.82, 2.24) is 24.3 Å². The molecule has 6 rings (SSSR count). The molecule has 1 saturated heterocycles. The van der Waals surface area contributed by atoms with E-state index in [0.29, 0.717) is 48.3 Å². The molecule has 0 saturated carbocycles. The third-order valence-corrected chi connectivity index (χ3v) is 7.85. The van der Waals surface area contributed by atoms with Crippen LogP contribution in [0.2, 0.25) is 5.02 Å². The second-order valence-corrected chi connectivity index (χ2v) is 10.6. The number of fused-ring (bicyclic) bond motifs is 2. The van der Waals surface area contributed by atoms with Gasteiger partial charge in [0.2, 0.25) is 0 Å². The Labute approximate surface area is 237 Å². The van der Waals surface area contributed by atoms with Gasteiger partial charge in [-0.3, -0.25) is 9.88 Å². The van der Waals surface area contributed by atoms with Crippen molar-refractivity contribution in [3.05, 3.63) is 106 Å². The van der Waals surface area contributed by atoms with Crippen molar-refractivity contribution < 1.29 is 9.90 Å². The molecule has 0 radical (unpaired) electrons. The molecule has 1 aliphatic heterocycles. The highest BCUT2D eigenvalue weighted by atomic mass is 35.5. The summed E-state index contributed by atoms with van der Waals surface area (Å²) in [5.74, 6) is 0. The number of benzene rings is 2. The molecular formula is C30H30ClN7O2. The Morgan fingerprint density at radius 1 is 1.12 bits per heavy atom. The van der Waals surface area contributed by atoms with Gasteiger partial charge in [0.05, 0.1) is 30.0 Å². The minimum absolute atomic E-state index is 0.140. The van der Waals surface area contributed by atoms with Crippen molar-refractivity contribution >= 4 is 40.7 Å². The van der Waals surface area contributed by atoms with Crippen LogP contribution in [0.4, 0.5) is 16.2 Å². The van der Waals surface area contributed by atoms with E-state index in [0.717, 1.165) is 28.0 Å². The number of pyridine rings is 1. The number of nitrogens with one attached hydrogen (secondary N) is 1. The number of hydrogen-bond donors (Lipinski definition) is 3. The van der Waals surface area contributed by atoms with Crippen molar-refractivity contribution in [2.45, 2.75) is 12.1 Å². The van der Waals surface area contributed by atoms with Crippen molar-refractivity contribution in [3.8, 4) is 0 Å². The number of nitrogen functional groups attached to an aromatic ring is 1. The van der Waals surface area contributed by atoms with E-state index in [9.17, 15) is 9.90 Å². The lowest BCUT2D eigenvalue weighted by Gasteiger charge is -2.39. The molecule has 1 unspecified atom stereocenters. The van der Waals surface area contributed by atoms with Gasteiger partial charge in [-0.1, -0.05) is 23.7 Å². The number of halogens is 1. The fraction of sp³-hybridized carbons (Fsp3) is 0.233. The van der Waals surface area contributed by atoms with Crippen LogP contribution >= 0.6 is 11.6 Å². The largest absolute Gasteiger partial charge is 0.399 e. The molecule has 2 aromatic carbocycles. The van der Waals surface area contributed by atoms with Gasteiger partial charge < -0.3 is 25.6 Å². The van der Waals surface area contributed by atoms with Crippen molar-refractivity contribution in [3.63, 3.8) is 0 Å². The molecule has 3 heterocycles. The lowest BCUT2D eigenvalue weighted by atomic mass is 9.91. The number of anilines is 2. The maximum Gasteiger partial charge on any atom is 0.321 e. The summed E-state index contributed by atoms with van der Waals surface area (Å²) in [6.45, 7) is 2.41. The van der Waals surface area contributed by atoms with Gasteiger partial charge in [0.25, 0.3) is 0 Å². The number of urea groups is 1. The van der Waals surface area contributed by atoms with E-state index in [1.807, 2.05) is 52.9 Å². The first kappa shape index (κ1) is 26.1. The van der Waals surface area contributed by atoms with Gasteiger partial charge in [-0.05, 0) is 70.8 Å². The highest BCUT2D eigenvalue weighted by Crippen LogP contribution is 2.44. The van der Waals surface area contributed by atoms with Crippen LogP contribution in [0.15, 0.2) is 73.3 Å². The van der Waals surface area contributed by atoms with Crippen LogP contribution in [-0.4, -0.2) is 61.7 Å². The van der Waals surface area contributed by atoms with Gasteiger partial charge in [-0.15, -0.1) is 0 Å². The predicted octanol–water partition coefficient (Wildman–Crippen LogP) is 4.58. The van der Waals surface area contributed by atoms with E-state index >= 15 is 0 Å². The van der Waals surface area contributed by atoms with Gasteiger partial charge in [0.15, 0.2) is 0 Å². The molecular weight excluding hydrogens is 526 g/mol. The quantitative estimate of drug-likeness (QED) is 0.318. The molecule has 2 aliphatic rings. The number of aryl methyl sites for hydroxylation is 1. The zero-order chi connectivity index (χ0) is 27.8. The van der Waals surface area contributed by atoms with E-state index < -0.39 is 6.10 Å². The molecule has 1 fully saturated rings. The number of amides is 2. The summed E-state index contributed by atoms with van der Waals surface area (Å²) in [6.07, 6.45) is 6.25. The monoisotopic (exact) mass is 555 g/mol. The number of carbonyl (C=O) groups excluding carboxylic acids is 1. The number of aromatic nitrogens is 3. The van der Waals surface area contributed by atoms with Crippen molar-refractivity contribution in [1.29, 1.82) is 0 Å². The molecule has 2 atom stereocenters. The first-order valence-electron chi connectivity index (χ1n) is 13.1. The van der Waals surface area contributed by atoms with Gasteiger partial charge in [0, 0.05) is 55.8 Å². The average Bonchev–Trinajstić information content (AvgIpc) is 3.34. The number of nitrogens with zero attached hydrogens (tertiary/aromatic N) is 5. The third-order valence-electron chi connectivity index (χ3n) is 7.62. The van der Waals surface area contributed by atoms with Crippen molar-refractivity contribution in [2.75, 3.05) is 37.2 Å². The second-order valence-electron chi connectivity index (χ2n) is 10.1. The first-order chi connectivity index (χ1) is 19.4. The van der Waals surface area contributed by atoms with E-state index in [1.54, 1.807) is 43.0 Å². The fourth-order valence-corrected chi connectivity index (χ4v) is 5.70. The minimum Gasteiger partial charge on any atom is -0.399 e. The molecule has 1 aliphatic carbocycles. The molecule has 2 amide bonds. The molecule has 0 spiro atoms. The Morgan fingerprint density at radius 2 is 1.90 bits per heavy atom. The van der Waals surface area contributed by atoms with Gasteiger partial charge >= 0.3 is 6.03 Å². The minimum atomic E-state index is -0.912. The average molecular weight is 556 g/mol. The maximum atomic E-state index is 13.0. The zero-order valence-corrected chi connectivity index (χ0v) is 22.8. The Balaban J connectivity index is 1.31. The van der Waals surface area contributed by atoms with E-state index in [-0.39, 0.29) is 12.1 Å². The first-order valence-corrected chi connectivity index (χ1v) is 13.5. The third kappa shape index (κ3) is 4.95. The van der Waals surface area contributed by atoms with Gasteiger partial charge in [-0.2, -0.15) is 0 Å². The molecule has 10 heteroatoms. The van der Waals surface area contributed by atoms with Gasteiger partial charge in [-0.25, -0.2) is 9.78 Å². The normalized spacial score (nSPS) is 17.8. The van der Waals surface area contributed by atoms with Crippen LogP contribution in [0.25, 0.3) is 11.6 Å². The fourth-order valence-electron chi connectivity index (χ4n) is 5.53. The van der Waals surface area contributed by atoms with Crippen molar-refractivity contribution in [2.24, 2.45) is 7.05 Å². The van der Waals surface area contributed by atoms with Crippen LogP contribution in [0.5, 0.6) is 0 Å². The van der Waals surface area contributed by atoms with Crippen LogP contribution in [0, 0.1) is 0 Å². The predicted molar refractivity (Wildman–Crippen MR) is 157 cm³/mol. The molecule has 40 heavy (non-hydrogen) atoms. The van der Waals surface area contributed by atoms with Crippen LogP contribution in [0.3, 0.4) is 0 Å². The molecule has 204 valence electrons. The van der Waals surface area contributed by atoms with E-state index in [2.05, 4.69) is 15.2 Å². The summed E-state index contributed by atoms with van der Waals surface area (Å²) in [4.78, 5) is 26.2. The summed E-state index contributed by atoms with van der Waals surface area (Å²) in [7, 11) is 1.86. The molecule has 4 aromatic rings. The Kier molecular flexibility index (Phi) is 7.02. The number of rotatable bonds is 4. The summed E-state index contributed by atoms with van der Waals surface area (Å²) in [6, 6.07) is 16.5. The van der Waals surface area contributed by atoms with Crippen LogP contribution in [0.1, 0.15) is 40.2 Å². The smallest absolute Gasteiger partial charge is 0.321 e.